The fourth-order valence-corrected chi connectivity index (χ4v) is 6.80. The van der Waals surface area contributed by atoms with Crippen molar-refractivity contribution in [1.29, 1.82) is 0 Å². The van der Waals surface area contributed by atoms with Gasteiger partial charge in [0.25, 0.3) is 0 Å². The summed E-state index contributed by atoms with van der Waals surface area (Å²) in [6, 6.07) is 9.14. The SMILES string of the molecule is COc1ccc(OCOc2cccc3c2C(=O)c2c(O)c4c(c(O)c2C3=O)C[C@@](O)(C(C)=O)C[C@@H]4OC2CC(NC(=O)C(F)(F)F)C(O)C(C)O2)cc1. The molecule has 0 aromatic heterocycles. The van der Waals surface area contributed by atoms with Crippen molar-refractivity contribution in [1.82, 2.24) is 5.32 Å². The van der Waals surface area contributed by atoms with Gasteiger partial charge in [-0.05, 0) is 44.2 Å². The molecule has 6 atom stereocenters. The highest BCUT2D eigenvalue weighted by molar-refractivity contribution is 6.31. The van der Waals surface area contributed by atoms with Gasteiger partial charge in [-0.3, -0.25) is 19.2 Å². The molecule has 53 heavy (non-hydrogen) atoms. The summed E-state index contributed by atoms with van der Waals surface area (Å²) in [5.41, 5.74) is -4.51. The summed E-state index contributed by atoms with van der Waals surface area (Å²) in [4.78, 5) is 52.5. The molecule has 1 aliphatic heterocycles. The summed E-state index contributed by atoms with van der Waals surface area (Å²) in [7, 11) is 1.50. The monoisotopic (exact) mass is 745 g/mol. The van der Waals surface area contributed by atoms with E-state index in [1.807, 2.05) is 0 Å². The number of carbonyl (C=O) groups excluding carboxylic acids is 4. The van der Waals surface area contributed by atoms with Gasteiger partial charge in [-0.15, -0.1) is 0 Å². The number of aliphatic hydroxyl groups is 2. The van der Waals surface area contributed by atoms with Crippen molar-refractivity contribution in [2.24, 2.45) is 0 Å². The maximum Gasteiger partial charge on any atom is 0.471 e. The van der Waals surface area contributed by atoms with Crippen LogP contribution in [0.5, 0.6) is 28.7 Å². The number of amides is 1. The molecule has 5 N–H and O–H groups in total. The highest BCUT2D eigenvalue weighted by Crippen LogP contribution is 2.52. The molecule has 1 amide bonds. The largest absolute Gasteiger partial charge is 0.507 e. The second-order valence-corrected chi connectivity index (χ2v) is 12.9. The quantitative estimate of drug-likeness (QED) is 0.123. The molecule has 0 radical (unpaired) electrons. The van der Waals surface area contributed by atoms with Crippen molar-refractivity contribution in [3.63, 3.8) is 0 Å². The van der Waals surface area contributed by atoms with Crippen LogP contribution in [0.15, 0.2) is 42.5 Å². The van der Waals surface area contributed by atoms with Gasteiger partial charge in [0.2, 0.25) is 12.6 Å². The predicted molar refractivity (Wildman–Crippen MR) is 173 cm³/mol. The van der Waals surface area contributed by atoms with Crippen LogP contribution in [0.2, 0.25) is 0 Å². The van der Waals surface area contributed by atoms with Crippen LogP contribution in [0.4, 0.5) is 13.2 Å². The van der Waals surface area contributed by atoms with Gasteiger partial charge in [0, 0.05) is 36.0 Å². The molecule has 6 rings (SSSR count). The van der Waals surface area contributed by atoms with Gasteiger partial charge in [0.1, 0.15) is 40.5 Å². The molecule has 0 bridgehead atoms. The number of methoxy groups -OCH3 is 1. The highest BCUT2D eigenvalue weighted by atomic mass is 19.4. The van der Waals surface area contributed by atoms with Gasteiger partial charge in [-0.25, -0.2) is 0 Å². The average molecular weight is 746 g/mol. The molecule has 2 aliphatic carbocycles. The first-order valence-corrected chi connectivity index (χ1v) is 16.3. The van der Waals surface area contributed by atoms with E-state index >= 15 is 0 Å². The first kappa shape index (κ1) is 37.5. The lowest BCUT2D eigenvalue weighted by atomic mass is 9.72. The zero-order chi connectivity index (χ0) is 38.6. The van der Waals surface area contributed by atoms with E-state index in [2.05, 4.69) is 0 Å². The fourth-order valence-electron chi connectivity index (χ4n) is 6.80. The third-order valence-corrected chi connectivity index (χ3v) is 9.61. The van der Waals surface area contributed by atoms with E-state index in [0.29, 0.717) is 11.5 Å². The lowest BCUT2D eigenvalue weighted by Gasteiger charge is -2.42. The van der Waals surface area contributed by atoms with E-state index in [1.165, 1.54) is 32.2 Å². The number of ether oxygens (including phenoxy) is 5. The van der Waals surface area contributed by atoms with Crippen LogP contribution in [0.3, 0.4) is 0 Å². The van der Waals surface area contributed by atoms with E-state index in [9.17, 15) is 52.8 Å². The molecule has 1 saturated heterocycles. The molecule has 17 heteroatoms. The molecular weight excluding hydrogens is 711 g/mol. The molecule has 3 aromatic carbocycles. The lowest BCUT2D eigenvalue weighted by Crippen LogP contribution is -2.57. The number of rotatable bonds is 9. The number of fused-ring (bicyclic) bond motifs is 3. The molecular formula is C36H34F3NO13. The minimum Gasteiger partial charge on any atom is -0.507 e. The minimum absolute atomic E-state index is 0.0922. The maximum atomic E-state index is 14.2. The number of nitrogens with one attached hydrogen (secondary N) is 1. The van der Waals surface area contributed by atoms with E-state index in [0.717, 1.165) is 6.92 Å². The van der Waals surface area contributed by atoms with Gasteiger partial charge in [0.15, 0.2) is 17.9 Å². The van der Waals surface area contributed by atoms with Crippen molar-refractivity contribution in [2.45, 2.75) is 75.5 Å². The van der Waals surface area contributed by atoms with E-state index in [1.54, 1.807) is 29.6 Å². The first-order valence-electron chi connectivity index (χ1n) is 16.3. The number of benzene rings is 3. The van der Waals surface area contributed by atoms with Gasteiger partial charge < -0.3 is 49.4 Å². The number of alkyl halides is 3. The Hall–Kier alpha value is -5.23. The Morgan fingerprint density at radius 3 is 2.28 bits per heavy atom. The lowest BCUT2D eigenvalue weighted by molar-refractivity contribution is -0.250. The Bertz CT molecular complexity index is 1980. The van der Waals surface area contributed by atoms with Crippen molar-refractivity contribution < 1.29 is 76.5 Å². The molecule has 0 saturated carbocycles. The van der Waals surface area contributed by atoms with Crippen LogP contribution >= 0.6 is 0 Å². The van der Waals surface area contributed by atoms with Crippen LogP contribution in [-0.2, 0) is 25.5 Å². The summed E-state index contributed by atoms with van der Waals surface area (Å²) in [6.07, 6.45) is -12.9. The van der Waals surface area contributed by atoms with Crippen molar-refractivity contribution in [3.8, 4) is 28.7 Å². The minimum atomic E-state index is -5.27. The Labute approximate surface area is 299 Å². The Kier molecular flexibility index (Phi) is 9.89. The number of hydrogen-bond acceptors (Lipinski definition) is 13. The van der Waals surface area contributed by atoms with E-state index in [4.69, 9.17) is 23.7 Å². The molecule has 0 spiro atoms. The van der Waals surface area contributed by atoms with Crippen LogP contribution in [-0.4, -0.2) is 93.9 Å². The number of phenolic OH excluding ortho intramolecular Hbond substituents is 2. The van der Waals surface area contributed by atoms with Crippen molar-refractivity contribution >= 4 is 23.3 Å². The highest BCUT2D eigenvalue weighted by Gasteiger charge is 2.50. The number of hydrogen-bond donors (Lipinski definition) is 5. The van der Waals surface area contributed by atoms with Crippen molar-refractivity contribution in [3.05, 3.63) is 75.8 Å². The number of ketones is 3. The first-order chi connectivity index (χ1) is 24.9. The van der Waals surface area contributed by atoms with Crippen molar-refractivity contribution in [2.75, 3.05) is 13.9 Å². The second kappa shape index (κ2) is 14.0. The van der Waals surface area contributed by atoms with Gasteiger partial charge in [-0.2, -0.15) is 13.2 Å². The normalized spacial score (nSPS) is 25.1. The second-order valence-electron chi connectivity index (χ2n) is 12.9. The summed E-state index contributed by atoms with van der Waals surface area (Å²) in [5, 5.41) is 46.9. The molecule has 14 nitrogen and oxygen atoms in total. The smallest absolute Gasteiger partial charge is 0.471 e. The molecule has 282 valence electrons. The molecule has 3 aliphatic rings. The molecule has 4 unspecified atom stereocenters. The van der Waals surface area contributed by atoms with Crippen LogP contribution in [0.1, 0.15) is 75.8 Å². The number of aliphatic hydroxyl groups excluding tert-OH is 1. The topological polar surface area (TPSA) is 207 Å². The third-order valence-electron chi connectivity index (χ3n) is 9.61. The molecule has 1 heterocycles. The predicted octanol–water partition coefficient (Wildman–Crippen LogP) is 3.16. The standard InChI is InChI=1S/C36H34F3NO13/c1-15-29(42)21(40-34(47)36(37,38)39)11-24(52-15)53-23-13-35(48,16(2)41)12-20-26(23)33(46)28-27(31(20)44)30(43)19-5-4-6-22(25(19)32(28)45)51-14-50-18-9-7-17(49-3)8-10-18/h4-10,15,21,23-24,29,42,44,46,48H,11-14H2,1-3H3,(H,40,47)/t15?,21?,23-,24?,29?,35-/m0/s1. The fraction of sp³-hybridized carbons (Fsp3) is 0.389. The van der Waals surface area contributed by atoms with Gasteiger partial charge in [-0.1, -0.05) is 12.1 Å². The summed E-state index contributed by atoms with van der Waals surface area (Å²) in [5.74, 6) is -5.69. The Morgan fingerprint density at radius 2 is 1.64 bits per heavy atom. The van der Waals surface area contributed by atoms with Crippen LogP contribution < -0.4 is 19.5 Å². The molecule has 3 aromatic rings. The van der Waals surface area contributed by atoms with E-state index < -0.39 is 114 Å². The summed E-state index contributed by atoms with van der Waals surface area (Å²) < 4.78 is 67.2. The maximum absolute atomic E-state index is 14.2. The average Bonchev–Trinajstić information content (AvgIpc) is 3.10. The zero-order valence-electron chi connectivity index (χ0n) is 28.4. The molecule has 1 fully saturated rings. The third kappa shape index (κ3) is 6.88. The van der Waals surface area contributed by atoms with Crippen LogP contribution in [0, 0.1) is 0 Å². The van der Waals surface area contributed by atoms with Gasteiger partial charge >= 0.3 is 12.1 Å². The number of Topliss-reactive ketones (excluding diaryl/α,β-unsaturated/α-hetero) is 1. The number of carbonyl (C=O) groups is 4. The number of halogens is 3. The van der Waals surface area contributed by atoms with E-state index in [-0.39, 0.29) is 28.0 Å². The van der Waals surface area contributed by atoms with Crippen LogP contribution in [0.25, 0.3) is 0 Å². The zero-order valence-corrected chi connectivity index (χ0v) is 28.4. The number of aromatic hydroxyl groups is 2. The Balaban J connectivity index is 1.36. The number of phenols is 2. The summed E-state index contributed by atoms with van der Waals surface area (Å²) in [6.45, 7) is 1.95. The Morgan fingerprint density at radius 1 is 0.981 bits per heavy atom. The summed E-state index contributed by atoms with van der Waals surface area (Å²) >= 11 is 0. The van der Waals surface area contributed by atoms with Gasteiger partial charge in [0.05, 0.1) is 42.0 Å².